The first-order valence-electron chi connectivity index (χ1n) is 8.12. The monoisotopic (exact) mass is 297 g/mol. The lowest BCUT2D eigenvalue weighted by Gasteiger charge is -2.13. The van der Waals surface area contributed by atoms with E-state index in [1.165, 1.54) is 27.5 Å². The largest absolute Gasteiger partial charge is 0.248 e. The minimum atomic E-state index is 0.523. The van der Waals surface area contributed by atoms with Gasteiger partial charge in [-0.25, -0.2) is 4.98 Å². The first-order chi connectivity index (χ1) is 11.2. The Balaban J connectivity index is 2.13. The number of fused-ring (bicyclic) bond motifs is 2. The summed E-state index contributed by atoms with van der Waals surface area (Å²) >= 11 is 0. The van der Waals surface area contributed by atoms with Gasteiger partial charge in [0, 0.05) is 16.3 Å². The molecular formula is C22H19N. The SMILES string of the molecule is CC(C)c1cccc(-c2c3ccccc3nc3ccccc23)c1. The van der Waals surface area contributed by atoms with Crippen molar-refractivity contribution < 1.29 is 0 Å². The molecule has 1 aromatic heterocycles. The molecular weight excluding hydrogens is 278 g/mol. The van der Waals surface area contributed by atoms with Gasteiger partial charge in [0.1, 0.15) is 0 Å². The minimum absolute atomic E-state index is 0.523. The second kappa shape index (κ2) is 5.51. The van der Waals surface area contributed by atoms with Crippen molar-refractivity contribution >= 4 is 21.8 Å². The number of rotatable bonds is 2. The van der Waals surface area contributed by atoms with Crippen molar-refractivity contribution in [3.05, 3.63) is 78.4 Å². The van der Waals surface area contributed by atoms with Crippen LogP contribution in [0.15, 0.2) is 72.8 Å². The Morgan fingerprint density at radius 2 is 1.30 bits per heavy atom. The number of hydrogen-bond donors (Lipinski definition) is 0. The van der Waals surface area contributed by atoms with Crippen molar-refractivity contribution in [2.45, 2.75) is 19.8 Å². The Morgan fingerprint density at radius 1 is 0.696 bits per heavy atom. The maximum Gasteiger partial charge on any atom is 0.0715 e. The molecule has 1 heterocycles. The molecule has 0 aliphatic rings. The van der Waals surface area contributed by atoms with Crippen LogP contribution in [0.3, 0.4) is 0 Å². The van der Waals surface area contributed by atoms with Crippen LogP contribution in [0.25, 0.3) is 32.9 Å². The Hall–Kier alpha value is -2.67. The number of para-hydroxylation sites is 2. The standard InChI is InChI=1S/C22H19N/c1-15(2)16-8-7-9-17(14-16)22-18-10-3-5-12-20(18)23-21-13-6-4-11-19(21)22/h3-15H,1-2H3. The van der Waals surface area contributed by atoms with Gasteiger partial charge in [-0.1, -0.05) is 74.5 Å². The molecule has 0 N–H and O–H groups in total. The minimum Gasteiger partial charge on any atom is -0.248 e. The van der Waals surface area contributed by atoms with Gasteiger partial charge in [-0.05, 0) is 29.2 Å². The summed E-state index contributed by atoms with van der Waals surface area (Å²) < 4.78 is 0. The fraction of sp³-hybridized carbons (Fsp3) is 0.136. The van der Waals surface area contributed by atoms with E-state index < -0.39 is 0 Å². The molecule has 0 spiro atoms. The fourth-order valence-electron chi connectivity index (χ4n) is 3.20. The van der Waals surface area contributed by atoms with E-state index in [2.05, 4.69) is 86.6 Å². The quantitative estimate of drug-likeness (QED) is 0.403. The number of benzene rings is 3. The van der Waals surface area contributed by atoms with Crippen LogP contribution in [-0.2, 0) is 0 Å². The van der Waals surface area contributed by atoms with Gasteiger partial charge in [0.05, 0.1) is 11.0 Å². The van der Waals surface area contributed by atoms with E-state index in [9.17, 15) is 0 Å². The molecule has 4 rings (SSSR count). The molecule has 1 heteroatoms. The van der Waals surface area contributed by atoms with Gasteiger partial charge < -0.3 is 0 Å². The van der Waals surface area contributed by atoms with E-state index in [1.807, 2.05) is 0 Å². The van der Waals surface area contributed by atoms with Crippen LogP contribution in [0.1, 0.15) is 25.3 Å². The highest BCUT2D eigenvalue weighted by atomic mass is 14.7. The molecule has 0 amide bonds. The Bertz CT molecular complexity index is 945. The average Bonchev–Trinajstić information content (AvgIpc) is 2.59. The molecule has 0 aliphatic carbocycles. The second-order valence-corrected chi connectivity index (χ2v) is 6.30. The van der Waals surface area contributed by atoms with Crippen LogP contribution >= 0.6 is 0 Å². The lowest BCUT2D eigenvalue weighted by molar-refractivity contribution is 0.867. The number of hydrogen-bond acceptors (Lipinski definition) is 1. The summed E-state index contributed by atoms with van der Waals surface area (Å²) in [5, 5.41) is 2.43. The van der Waals surface area contributed by atoms with Gasteiger partial charge in [-0.3, -0.25) is 0 Å². The number of nitrogens with zero attached hydrogens (tertiary/aromatic N) is 1. The number of aromatic nitrogens is 1. The molecule has 0 radical (unpaired) electrons. The van der Waals surface area contributed by atoms with E-state index in [0.717, 1.165) is 11.0 Å². The van der Waals surface area contributed by atoms with Crippen molar-refractivity contribution in [2.24, 2.45) is 0 Å². The number of pyridine rings is 1. The van der Waals surface area contributed by atoms with Crippen LogP contribution < -0.4 is 0 Å². The second-order valence-electron chi connectivity index (χ2n) is 6.30. The van der Waals surface area contributed by atoms with E-state index in [-0.39, 0.29) is 0 Å². The predicted molar refractivity (Wildman–Crippen MR) is 98.8 cm³/mol. The predicted octanol–water partition coefficient (Wildman–Crippen LogP) is 6.18. The summed E-state index contributed by atoms with van der Waals surface area (Å²) in [6, 6.07) is 25.7. The van der Waals surface area contributed by atoms with E-state index in [4.69, 9.17) is 4.98 Å². The molecule has 0 saturated heterocycles. The molecule has 0 unspecified atom stereocenters. The zero-order valence-electron chi connectivity index (χ0n) is 13.5. The van der Waals surface area contributed by atoms with E-state index in [1.54, 1.807) is 0 Å². The molecule has 0 aliphatic heterocycles. The maximum atomic E-state index is 4.82. The normalized spacial score (nSPS) is 11.4. The summed E-state index contributed by atoms with van der Waals surface area (Å²) in [4.78, 5) is 4.82. The van der Waals surface area contributed by atoms with Crippen molar-refractivity contribution in [1.82, 2.24) is 4.98 Å². The van der Waals surface area contributed by atoms with Crippen LogP contribution in [-0.4, -0.2) is 4.98 Å². The zero-order valence-corrected chi connectivity index (χ0v) is 13.5. The Labute approximate surface area is 136 Å². The van der Waals surface area contributed by atoms with Gasteiger partial charge in [0.25, 0.3) is 0 Å². The topological polar surface area (TPSA) is 12.9 Å². The molecule has 0 atom stereocenters. The van der Waals surface area contributed by atoms with E-state index >= 15 is 0 Å². The lowest BCUT2D eigenvalue weighted by atomic mass is 9.93. The van der Waals surface area contributed by atoms with Gasteiger partial charge >= 0.3 is 0 Å². The van der Waals surface area contributed by atoms with Crippen molar-refractivity contribution in [3.63, 3.8) is 0 Å². The maximum absolute atomic E-state index is 4.82. The summed E-state index contributed by atoms with van der Waals surface area (Å²) in [6.45, 7) is 4.48. The van der Waals surface area contributed by atoms with Crippen LogP contribution in [0.2, 0.25) is 0 Å². The molecule has 0 fully saturated rings. The highest BCUT2D eigenvalue weighted by Crippen LogP contribution is 2.35. The first-order valence-corrected chi connectivity index (χ1v) is 8.12. The van der Waals surface area contributed by atoms with Gasteiger partial charge in [-0.2, -0.15) is 0 Å². The van der Waals surface area contributed by atoms with Crippen molar-refractivity contribution in [3.8, 4) is 11.1 Å². The molecule has 3 aromatic carbocycles. The molecule has 23 heavy (non-hydrogen) atoms. The summed E-state index contributed by atoms with van der Waals surface area (Å²) in [7, 11) is 0. The highest BCUT2D eigenvalue weighted by molar-refractivity contribution is 6.09. The molecule has 0 saturated carbocycles. The Kier molecular flexibility index (Phi) is 3.34. The van der Waals surface area contributed by atoms with Crippen LogP contribution in [0.5, 0.6) is 0 Å². The first kappa shape index (κ1) is 14.0. The summed E-state index contributed by atoms with van der Waals surface area (Å²) in [5.74, 6) is 0.523. The van der Waals surface area contributed by atoms with Crippen molar-refractivity contribution in [2.75, 3.05) is 0 Å². The van der Waals surface area contributed by atoms with Gasteiger partial charge in [0.2, 0.25) is 0 Å². The smallest absolute Gasteiger partial charge is 0.0715 e. The van der Waals surface area contributed by atoms with Crippen LogP contribution in [0.4, 0.5) is 0 Å². The molecule has 112 valence electrons. The summed E-state index contributed by atoms with van der Waals surface area (Å²) in [5.41, 5.74) is 6.03. The molecule has 4 aromatic rings. The summed E-state index contributed by atoms with van der Waals surface area (Å²) in [6.07, 6.45) is 0. The molecule has 1 nitrogen and oxygen atoms in total. The van der Waals surface area contributed by atoms with Gasteiger partial charge in [-0.15, -0.1) is 0 Å². The third-order valence-electron chi connectivity index (χ3n) is 4.43. The molecule has 0 bridgehead atoms. The van der Waals surface area contributed by atoms with Gasteiger partial charge in [0.15, 0.2) is 0 Å². The van der Waals surface area contributed by atoms with Crippen LogP contribution in [0, 0.1) is 0 Å². The van der Waals surface area contributed by atoms with Crippen molar-refractivity contribution in [1.29, 1.82) is 0 Å². The lowest BCUT2D eigenvalue weighted by Crippen LogP contribution is -1.91. The van der Waals surface area contributed by atoms with E-state index in [0.29, 0.717) is 5.92 Å². The highest BCUT2D eigenvalue weighted by Gasteiger charge is 2.11. The average molecular weight is 297 g/mol. The third kappa shape index (κ3) is 2.39. The zero-order chi connectivity index (χ0) is 15.8. The Morgan fingerprint density at radius 3 is 1.91 bits per heavy atom. The third-order valence-corrected chi connectivity index (χ3v) is 4.43. The fourth-order valence-corrected chi connectivity index (χ4v) is 3.20.